The summed E-state index contributed by atoms with van der Waals surface area (Å²) >= 11 is 0. The average Bonchev–Trinajstić information content (AvgIpc) is 3.19. The number of aliphatic hydroxyl groups excluding tert-OH is 1. The first-order valence-electron chi connectivity index (χ1n) is 7.20. The van der Waals surface area contributed by atoms with Crippen molar-refractivity contribution in [2.45, 2.75) is 36.3 Å². The van der Waals surface area contributed by atoms with E-state index in [1.807, 2.05) is 0 Å². The van der Waals surface area contributed by atoms with Crippen LogP contribution in [0.1, 0.15) is 31.1 Å². The minimum atomic E-state index is -3.57. The van der Waals surface area contributed by atoms with Crippen molar-refractivity contribution >= 4 is 10.0 Å². The van der Waals surface area contributed by atoms with Crippen molar-refractivity contribution < 1.29 is 17.9 Å². The molecule has 8 heteroatoms. The highest BCUT2D eigenvalue weighted by Crippen LogP contribution is 2.31. The zero-order valence-electron chi connectivity index (χ0n) is 12.3. The first-order chi connectivity index (χ1) is 10.5. The van der Waals surface area contributed by atoms with Crippen LogP contribution in [0.15, 0.2) is 40.1 Å². The van der Waals surface area contributed by atoms with Crippen LogP contribution in [0, 0.1) is 0 Å². The largest absolute Gasteiger partial charge is 0.467 e. The lowest BCUT2D eigenvalue weighted by Gasteiger charge is -2.24. The molecule has 1 aliphatic rings. The molecule has 3 heterocycles. The molecular formula is C14H19N3O4S. The third kappa shape index (κ3) is 2.81. The highest BCUT2D eigenvalue weighted by atomic mass is 32.2. The van der Waals surface area contributed by atoms with Crippen LogP contribution in [0.3, 0.4) is 0 Å². The Morgan fingerprint density at radius 1 is 1.55 bits per heavy atom. The summed E-state index contributed by atoms with van der Waals surface area (Å²) in [5, 5.41) is 14.1. The minimum Gasteiger partial charge on any atom is -0.467 e. The van der Waals surface area contributed by atoms with Gasteiger partial charge in [-0.15, -0.1) is 0 Å². The molecule has 3 rings (SSSR count). The molecule has 7 nitrogen and oxygen atoms in total. The SMILES string of the molecule is Cn1cc(S(=O)(=O)N2CCC[C@H]2C[C@H](O)c2ccco2)cn1. The lowest BCUT2D eigenvalue weighted by Crippen LogP contribution is -2.36. The second-order valence-corrected chi connectivity index (χ2v) is 7.42. The molecule has 0 amide bonds. The number of aryl methyl sites for hydroxylation is 1. The molecule has 2 aromatic heterocycles. The Labute approximate surface area is 129 Å². The summed E-state index contributed by atoms with van der Waals surface area (Å²) in [6.45, 7) is 0.465. The van der Waals surface area contributed by atoms with E-state index in [2.05, 4.69) is 5.10 Å². The summed E-state index contributed by atoms with van der Waals surface area (Å²) in [6.07, 6.45) is 5.39. The van der Waals surface area contributed by atoms with Gasteiger partial charge in [0.15, 0.2) is 0 Å². The van der Waals surface area contributed by atoms with Crippen LogP contribution in [-0.4, -0.2) is 40.2 Å². The van der Waals surface area contributed by atoms with Gasteiger partial charge in [0, 0.05) is 25.8 Å². The van der Waals surface area contributed by atoms with E-state index in [1.165, 1.54) is 27.6 Å². The Hall–Kier alpha value is -1.64. The van der Waals surface area contributed by atoms with Crippen LogP contribution < -0.4 is 0 Å². The molecule has 0 radical (unpaired) electrons. The quantitative estimate of drug-likeness (QED) is 0.895. The number of hydrogen-bond acceptors (Lipinski definition) is 5. The van der Waals surface area contributed by atoms with Gasteiger partial charge in [-0.3, -0.25) is 4.68 Å². The van der Waals surface area contributed by atoms with Crippen molar-refractivity contribution in [3.63, 3.8) is 0 Å². The molecule has 1 N–H and O–H groups in total. The number of aliphatic hydroxyl groups is 1. The molecule has 1 saturated heterocycles. The molecule has 22 heavy (non-hydrogen) atoms. The molecule has 0 spiro atoms. The molecule has 1 aliphatic heterocycles. The highest BCUT2D eigenvalue weighted by molar-refractivity contribution is 7.89. The Morgan fingerprint density at radius 3 is 3.00 bits per heavy atom. The van der Waals surface area contributed by atoms with E-state index in [9.17, 15) is 13.5 Å². The second-order valence-electron chi connectivity index (χ2n) is 5.53. The van der Waals surface area contributed by atoms with Gasteiger partial charge in [0.2, 0.25) is 10.0 Å². The molecule has 2 atom stereocenters. The van der Waals surface area contributed by atoms with Gasteiger partial charge < -0.3 is 9.52 Å². The van der Waals surface area contributed by atoms with E-state index in [0.717, 1.165) is 12.8 Å². The van der Waals surface area contributed by atoms with E-state index >= 15 is 0 Å². The fourth-order valence-corrected chi connectivity index (χ4v) is 4.57. The monoisotopic (exact) mass is 325 g/mol. The number of nitrogens with zero attached hydrogens (tertiary/aromatic N) is 3. The third-order valence-electron chi connectivity index (χ3n) is 3.98. The number of aromatic nitrogens is 2. The molecule has 0 saturated carbocycles. The first kappa shape index (κ1) is 15.3. The lowest BCUT2D eigenvalue weighted by molar-refractivity contribution is 0.118. The van der Waals surface area contributed by atoms with Crippen molar-refractivity contribution in [2.24, 2.45) is 7.05 Å². The van der Waals surface area contributed by atoms with Gasteiger partial charge >= 0.3 is 0 Å². The molecule has 0 bridgehead atoms. The zero-order valence-corrected chi connectivity index (χ0v) is 13.1. The fraction of sp³-hybridized carbons (Fsp3) is 0.500. The van der Waals surface area contributed by atoms with Crippen molar-refractivity contribution in [3.05, 3.63) is 36.5 Å². The van der Waals surface area contributed by atoms with E-state index in [4.69, 9.17) is 4.42 Å². The molecule has 0 aromatic carbocycles. The maximum Gasteiger partial charge on any atom is 0.246 e. The highest BCUT2D eigenvalue weighted by Gasteiger charge is 2.37. The Morgan fingerprint density at radius 2 is 2.36 bits per heavy atom. The maximum atomic E-state index is 12.7. The van der Waals surface area contributed by atoms with E-state index < -0.39 is 16.1 Å². The second kappa shape index (κ2) is 5.86. The summed E-state index contributed by atoms with van der Waals surface area (Å²) < 4.78 is 33.5. The summed E-state index contributed by atoms with van der Waals surface area (Å²) in [5.41, 5.74) is 0. The van der Waals surface area contributed by atoms with Crippen molar-refractivity contribution in [1.29, 1.82) is 0 Å². The van der Waals surface area contributed by atoms with Crippen LogP contribution in [0.5, 0.6) is 0 Å². The normalized spacial score (nSPS) is 21.3. The maximum absolute atomic E-state index is 12.7. The topological polar surface area (TPSA) is 88.6 Å². The first-order valence-corrected chi connectivity index (χ1v) is 8.64. The van der Waals surface area contributed by atoms with Gasteiger partial charge in [0.05, 0.1) is 12.5 Å². The minimum absolute atomic E-state index is 0.189. The summed E-state index contributed by atoms with van der Waals surface area (Å²) in [5.74, 6) is 0.464. The summed E-state index contributed by atoms with van der Waals surface area (Å²) in [4.78, 5) is 0.189. The molecule has 0 unspecified atom stereocenters. The van der Waals surface area contributed by atoms with E-state index in [0.29, 0.717) is 18.7 Å². The van der Waals surface area contributed by atoms with E-state index in [-0.39, 0.29) is 10.9 Å². The summed E-state index contributed by atoms with van der Waals surface area (Å²) in [6, 6.07) is 3.17. The van der Waals surface area contributed by atoms with Gasteiger partial charge in [-0.2, -0.15) is 9.40 Å². The van der Waals surface area contributed by atoms with Crippen molar-refractivity contribution in [2.75, 3.05) is 6.54 Å². The van der Waals surface area contributed by atoms with Gasteiger partial charge in [-0.05, 0) is 31.4 Å². The molecule has 0 aliphatic carbocycles. The van der Waals surface area contributed by atoms with Crippen LogP contribution in [0.25, 0.3) is 0 Å². The number of hydrogen-bond donors (Lipinski definition) is 1. The average molecular weight is 325 g/mol. The summed E-state index contributed by atoms with van der Waals surface area (Å²) in [7, 11) is -1.89. The Kier molecular flexibility index (Phi) is 4.07. The van der Waals surface area contributed by atoms with Gasteiger partial charge in [0.1, 0.15) is 16.8 Å². The third-order valence-corrected chi connectivity index (χ3v) is 5.88. The molecular weight excluding hydrogens is 306 g/mol. The smallest absolute Gasteiger partial charge is 0.246 e. The van der Waals surface area contributed by atoms with E-state index in [1.54, 1.807) is 19.2 Å². The molecule has 1 fully saturated rings. The van der Waals surface area contributed by atoms with Crippen LogP contribution in [0.4, 0.5) is 0 Å². The molecule has 2 aromatic rings. The van der Waals surface area contributed by atoms with Gasteiger partial charge in [-0.1, -0.05) is 0 Å². The van der Waals surface area contributed by atoms with Gasteiger partial charge in [0.25, 0.3) is 0 Å². The molecule has 120 valence electrons. The van der Waals surface area contributed by atoms with Crippen molar-refractivity contribution in [3.8, 4) is 0 Å². The number of sulfonamides is 1. The van der Waals surface area contributed by atoms with Crippen molar-refractivity contribution in [1.82, 2.24) is 14.1 Å². The number of furan rings is 1. The Bertz CT molecular complexity index is 723. The predicted molar refractivity (Wildman–Crippen MR) is 78.4 cm³/mol. The van der Waals surface area contributed by atoms with Crippen LogP contribution in [0.2, 0.25) is 0 Å². The fourth-order valence-electron chi connectivity index (χ4n) is 2.88. The zero-order chi connectivity index (χ0) is 15.7. The number of rotatable bonds is 5. The Balaban J connectivity index is 1.78. The van der Waals surface area contributed by atoms with Crippen LogP contribution >= 0.6 is 0 Å². The standard InChI is InChI=1S/C14H19N3O4S/c1-16-10-12(9-15-16)22(19,20)17-6-2-4-11(17)8-13(18)14-5-3-7-21-14/h3,5,7,9-11,13,18H,2,4,6,8H2,1H3/t11-,13-/m0/s1. The van der Waals surface area contributed by atoms with Crippen LogP contribution in [-0.2, 0) is 17.1 Å². The van der Waals surface area contributed by atoms with Gasteiger partial charge in [-0.25, -0.2) is 8.42 Å². The lowest BCUT2D eigenvalue weighted by atomic mass is 10.1. The predicted octanol–water partition coefficient (Wildman–Crippen LogP) is 1.29.